The number of carbonyl (C=O) groups is 4. The molecule has 4 amide bonds. The average Bonchev–Trinajstić information content (AvgIpc) is 3.67. The first-order valence-corrected chi connectivity index (χ1v) is 26.1. The van der Waals surface area contributed by atoms with E-state index in [2.05, 4.69) is 71.6 Å². The highest BCUT2D eigenvalue weighted by Gasteiger charge is 2.36. The third kappa shape index (κ3) is 13.5. The monoisotopic (exact) mass is 1010 g/mol. The van der Waals surface area contributed by atoms with Crippen LogP contribution in [-0.2, 0) is 20.7 Å². The second kappa shape index (κ2) is 23.9. The number of halogens is 1. The van der Waals surface area contributed by atoms with Crippen LogP contribution in [0.1, 0.15) is 105 Å². The van der Waals surface area contributed by atoms with Gasteiger partial charge in [-0.1, -0.05) is 61.8 Å². The fraction of sp³-hybridized carbons (Fsp3) is 0.537. The van der Waals surface area contributed by atoms with Crippen LogP contribution in [0, 0.1) is 5.92 Å². The van der Waals surface area contributed by atoms with E-state index >= 15 is 0 Å². The molecule has 8 rings (SSSR count). The quantitative estimate of drug-likeness (QED) is 0.0966. The predicted octanol–water partition coefficient (Wildman–Crippen LogP) is 5.95. The van der Waals surface area contributed by atoms with Crippen LogP contribution in [0.2, 0.25) is 5.02 Å². The molecule has 4 N–H and O–H groups in total. The summed E-state index contributed by atoms with van der Waals surface area (Å²) in [5, 5.41) is 20.4. The Balaban J connectivity index is 0.749. The third-order valence-electron chi connectivity index (χ3n) is 14.4. The number of carbonyl (C=O) groups excluding carboxylic acids is 4. The normalized spacial score (nSPS) is 19.5. The highest BCUT2D eigenvalue weighted by atomic mass is 35.5. The van der Waals surface area contributed by atoms with Gasteiger partial charge in [0.1, 0.15) is 17.7 Å². The van der Waals surface area contributed by atoms with E-state index in [0.717, 1.165) is 80.1 Å². The second-order valence-corrected chi connectivity index (χ2v) is 21.2. The van der Waals surface area contributed by atoms with E-state index < -0.39 is 23.7 Å². The lowest BCUT2D eigenvalue weighted by Crippen LogP contribution is -2.51. The summed E-state index contributed by atoms with van der Waals surface area (Å²) < 4.78 is 5.55. The molecule has 3 aliphatic heterocycles. The van der Waals surface area contributed by atoms with Crippen molar-refractivity contribution in [2.75, 3.05) is 108 Å². The average molecular weight is 1010 g/mol. The van der Waals surface area contributed by atoms with Crippen molar-refractivity contribution in [1.29, 1.82) is 0 Å². The van der Waals surface area contributed by atoms with E-state index in [1.54, 1.807) is 33.0 Å². The zero-order valence-electron chi connectivity index (χ0n) is 42.5. The predicted molar refractivity (Wildman–Crippen MR) is 279 cm³/mol. The van der Waals surface area contributed by atoms with Crippen molar-refractivity contribution < 1.29 is 29.0 Å². The standard InChI is InChI=1S/C54H72ClN11O6/c1-6-37-8-7-9-40(29-37)41-30-44(61-53(71)72-54(3,4)5)48(58-31-41)52(70)66-22-20-63(21-23-66)33-38-14-18-62(19-15-38)34-46(68)57-17-16-56-32-43(39-10-12-42(55)13-11-39)51(69)65-26-24-64(25-27-65)50-47-36(2)28-45(67)49(47)59-35-60-50/h7-13,29-31,35-36,38,43,45,56,67H,6,14-28,32-34H2,1-5H3,(H,57,68)(H,61,71)/t36-,43-,45-/m1/s1. The van der Waals surface area contributed by atoms with E-state index in [0.29, 0.717) is 94.2 Å². The Hall–Kier alpha value is -5.72. The molecule has 0 bridgehead atoms. The number of piperazine rings is 2. The minimum atomic E-state index is -0.709. The van der Waals surface area contributed by atoms with E-state index in [4.69, 9.17) is 16.3 Å². The number of benzene rings is 2. The molecule has 72 heavy (non-hydrogen) atoms. The Morgan fingerprint density at radius 1 is 0.847 bits per heavy atom. The lowest BCUT2D eigenvalue weighted by atomic mass is 9.96. The van der Waals surface area contributed by atoms with Crippen molar-refractivity contribution in [3.05, 3.63) is 100 Å². The summed E-state index contributed by atoms with van der Waals surface area (Å²) in [7, 11) is 0. The summed E-state index contributed by atoms with van der Waals surface area (Å²) in [5.74, 6) is 0.899. The van der Waals surface area contributed by atoms with Crippen LogP contribution in [0.4, 0.5) is 16.3 Å². The Kier molecular flexibility index (Phi) is 17.4. The lowest BCUT2D eigenvalue weighted by molar-refractivity contribution is -0.133. The largest absolute Gasteiger partial charge is 0.444 e. The molecule has 1 aliphatic carbocycles. The molecule has 0 spiro atoms. The number of aryl methyl sites for hydroxylation is 1. The van der Waals surface area contributed by atoms with Crippen molar-refractivity contribution >= 4 is 46.9 Å². The highest BCUT2D eigenvalue weighted by Crippen LogP contribution is 2.43. The summed E-state index contributed by atoms with van der Waals surface area (Å²) in [6, 6.07) is 17.4. The molecular formula is C54H72ClN11O6. The molecule has 3 atom stereocenters. The Bertz CT molecular complexity index is 2520. The minimum Gasteiger partial charge on any atom is -0.444 e. The number of amides is 4. The molecule has 0 unspecified atom stereocenters. The number of piperidine rings is 1. The van der Waals surface area contributed by atoms with Crippen molar-refractivity contribution in [1.82, 2.24) is 45.2 Å². The van der Waals surface area contributed by atoms with E-state index in [-0.39, 0.29) is 29.3 Å². The van der Waals surface area contributed by atoms with Gasteiger partial charge in [-0.3, -0.25) is 29.5 Å². The van der Waals surface area contributed by atoms with Gasteiger partial charge in [0.15, 0.2) is 5.69 Å². The number of hydrogen-bond acceptors (Lipinski definition) is 13. The SMILES string of the molecule is CCc1cccc(-c2cnc(C(=O)N3CCN(CC4CCN(CC(=O)NCCNC[C@@H](C(=O)N5CCN(c6ncnc7c6[C@H](C)C[C@H]7O)CC5)c5ccc(Cl)cc5)CC4)CC3)c(NC(=O)OC(C)(C)C)c2)c1. The van der Waals surface area contributed by atoms with Crippen molar-refractivity contribution in [3.8, 4) is 11.1 Å². The molecule has 0 radical (unpaired) electrons. The van der Waals surface area contributed by atoms with Crippen LogP contribution >= 0.6 is 11.6 Å². The van der Waals surface area contributed by atoms with Crippen LogP contribution in [0.3, 0.4) is 0 Å². The number of aliphatic hydroxyl groups excluding tert-OH is 1. The molecule has 3 saturated heterocycles. The van der Waals surface area contributed by atoms with Gasteiger partial charge in [-0.25, -0.2) is 19.7 Å². The molecule has 4 aliphatic rings. The molecule has 0 saturated carbocycles. The number of ether oxygens (including phenoxy) is 1. The van der Waals surface area contributed by atoms with E-state index in [1.807, 2.05) is 46.2 Å². The molecular weight excluding hydrogens is 934 g/mol. The second-order valence-electron chi connectivity index (χ2n) is 20.7. The fourth-order valence-electron chi connectivity index (χ4n) is 10.4. The molecule has 4 aromatic rings. The molecule has 5 heterocycles. The van der Waals surface area contributed by atoms with Gasteiger partial charge < -0.3 is 35.2 Å². The van der Waals surface area contributed by atoms with Crippen molar-refractivity contribution in [2.45, 2.75) is 83.8 Å². The van der Waals surface area contributed by atoms with Crippen LogP contribution in [0.15, 0.2) is 67.1 Å². The van der Waals surface area contributed by atoms with Gasteiger partial charge in [0.25, 0.3) is 5.91 Å². The van der Waals surface area contributed by atoms with Crippen LogP contribution < -0.4 is 20.9 Å². The Labute approximate surface area is 429 Å². The number of aliphatic hydroxyl groups is 1. The number of nitrogens with one attached hydrogen (secondary N) is 3. The molecule has 18 heteroatoms. The van der Waals surface area contributed by atoms with Crippen molar-refractivity contribution in [3.63, 3.8) is 0 Å². The maximum Gasteiger partial charge on any atom is 0.412 e. The van der Waals surface area contributed by atoms with Gasteiger partial charge in [-0.15, -0.1) is 0 Å². The van der Waals surface area contributed by atoms with Crippen molar-refractivity contribution in [2.24, 2.45) is 5.92 Å². The number of rotatable bonds is 16. The topological polar surface area (TPSA) is 189 Å². The highest BCUT2D eigenvalue weighted by molar-refractivity contribution is 6.30. The first kappa shape index (κ1) is 52.6. The number of pyridine rings is 1. The zero-order chi connectivity index (χ0) is 50.9. The first-order valence-electron chi connectivity index (χ1n) is 25.7. The number of hydrogen-bond donors (Lipinski definition) is 4. The zero-order valence-corrected chi connectivity index (χ0v) is 43.3. The summed E-state index contributed by atoms with van der Waals surface area (Å²) in [4.78, 5) is 78.3. The number of aromatic nitrogens is 3. The fourth-order valence-corrected chi connectivity index (χ4v) is 10.5. The van der Waals surface area contributed by atoms with Crippen LogP contribution in [-0.4, -0.2) is 167 Å². The van der Waals surface area contributed by atoms with Gasteiger partial charge >= 0.3 is 6.09 Å². The van der Waals surface area contributed by atoms with E-state index in [9.17, 15) is 24.3 Å². The van der Waals surface area contributed by atoms with E-state index in [1.165, 1.54) is 11.9 Å². The Morgan fingerprint density at radius 3 is 2.28 bits per heavy atom. The van der Waals surface area contributed by atoms with Gasteiger partial charge in [0.2, 0.25) is 11.8 Å². The first-order chi connectivity index (χ1) is 34.6. The maximum absolute atomic E-state index is 14.1. The number of anilines is 2. The smallest absolute Gasteiger partial charge is 0.412 e. The summed E-state index contributed by atoms with van der Waals surface area (Å²) >= 11 is 6.23. The van der Waals surface area contributed by atoms with Gasteiger partial charge in [-0.2, -0.15) is 0 Å². The number of fused-ring (bicyclic) bond motifs is 1. The summed E-state index contributed by atoms with van der Waals surface area (Å²) in [6.07, 6.45) is 5.52. The molecule has 2 aromatic heterocycles. The van der Waals surface area contributed by atoms with Crippen LogP contribution in [0.5, 0.6) is 0 Å². The Morgan fingerprint density at radius 2 is 1.57 bits per heavy atom. The molecule has 17 nitrogen and oxygen atoms in total. The minimum absolute atomic E-state index is 0.0169. The van der Waals surface area contributed by atoms with Gasteiger partial charge in [0, 0.05) is 101 Å². The molecule has 3 fully saturated rings. The van der Waals surface area contributed by atoms with Gasteiger partial charge in [-0.05, 0) is 106 Å². The summed E-state index contributed by atoms with van der Waals surface area (Å²) in [5.41, 5.74) is 5.34. The number of nitrogens with zero attached hydrogens (tertiary/aromatic N) is 8. The van der Waals surface area contributed by atoms with Crippen LogP contribution in [0.25, 0.3) is 11.1 Å². The lowest BCUT2D eigenvalue weighted by Gasteiger charge is -2.38. The van der Waals surface area contributed by atoms with Gasteiger partial charge in [0.05, 0.1) is 29.9 Å². The molecule has 2 aromatic carbocycles. The summed E-state index contributed by atoms with van der Waals surface area (Å²) in [6.45, 7) is 18.9. The molecule has 386 valence electrons. The third-order valence-corrected chi connectivity index (χ3v) is 14.6. The number of likely N-dealkylation sites (tertiary alicyclic amines) is 1. The maximum atomic E-state index is 14.1.